The molecule has 0 fully saturated rings. The number of ether oxygens (including phenoxy) is 1. The van der Waals surface area contributed by atoms with Crippen molar-refractivity contribution >= 4 is 11.3 Å². The first-order chi connectivity index (χ1) is 11.0. The normalized spacial score (nSPS) is 11.4. The molecule has 0 spiro atoms. The third-order valence-electron chi connectivity index (χ3n) is 3.62. The second kappa shape index (κ2) is 6.55. The molecule has 3 rings (SSSR count). The van der Waals surface area contributed by atoms with E-state index in [1.165, 1.54) is 10.4 Å². The van der Waals surface area contributed by atoms with Gasteiger partial charge in [0, 0.05) is 10.4 Å². The Morgan fingerprint density at radius 2 is 1.65 bits per heavy atom. The fraction of sp³-hybridized carbons (Fsp3) is 0.250. The van der Waals surface area contributed by atoms with Crippen molar-refractivity contribution < 1.29 is 4.74 Å². The molecule has 0 aliphatic rings. The number of rotatable bonds is 4. The monoisotopic (exact) mass is 323 g/mol. The molecule has 3 aromatic rings. The number of hydrogen-bond acceptors (Lipinski definition) is 3. The predicted octanol–water partition coefficient (Wildman–Crippen LogP) is 5.69. The molecule has 0 atom stereocenters. The van der Waals surface area contributed by atoms with Crippen LogP contribution in [0.5, 0.6) is 5.75 Å². The standard InChI is InChI=1S/C20H21NOS/c1-20(2,3)19-18(21-14-23-19)16-9-11-17(12-10-16)22-13-15-7-5-4-6-8-15/h4-12,14H,13H2,1-3H3. The lowest BCUT2D eigenvalue weighted by Gasteiger charge is -2.18. The van der Waals surface area contributed by atoms with Crippen LogP contribution in [0.4, 0.5) is 0 Å². The lowest BCUT2D eigenvalue weighted by atomic mass is 9.91. The second-order valence-corrected chi connectivity index (χ2v) is 7.43. The van der Waals surface area contributed by atoms with Gasteiger partial charge in [-0.1, -0.05) is 51.1 Å². The average Bonchev–Trinajstić information content (AvgIpc) is 3.04. The van der Waals surface area contributed by atoms with Gasteiger partial charge in [-0.2, -0.15) is 0 Å². The van der Waals surface area contributed by atoms with E-state index in [1.54, 1.807) is 11.3 Å². The molecule has 0 N–H and O–H groups in total. The van der Waals surface area contributed by atoms with Crippen molar-refractivity contribution in [3.63, 3.8) is 0 Å². The highest BCUT2D eigenvalue weighted by atomic mass is 32.1. The van der Waals surface area contributed by atoms with Crippen LogP contribution in [0.1, 0.15) is 31.2 Å². The van der Waals surface area contributed by atoms with Gasteiger partial charge in [0.25, 0.3) is 0 Å². The summed E-state index contributed by atoms with van der Waals surface area (Å²) in [5.41, 5.74) is 5.43. The molecule has 118 valence electrons. The predicted molar refractivity (Wildman–Crippen MR) is 97.0 cm³/mol. The van der Waals surface area contributed by atoms with Gasteiger partial charge in [0.2, 0.25) is 0 Å². The minimum atomic E-state index is 0.110. The fourth-order valence-electron chi connectivity index (χ4n) is 2.43. The van der Waals surface area contributed by atoms with Crippen LogP contribution in [0.25, 0.3) is 11.3 Å². The zero-order chi connectivity index (χ0) is 16.3. The molecule has 0 saturated carbocycles. The van der Waals surface area contributed by atoms with Crippen molar-refractivity contribution in [2.24, 2.45) is 0 Å². The molecule has 2 nitrogen and oxygen atoms in total. The van der Waals surface area contributed by atoms with Gasteiger partial charge in [0.1, 0.15) is 12.4 Å². The molecule has 3 heteroatoms. The van der Waals surface area contributed by atoms with Crippen molar-refractivity contribution in [3.05, 3.63) is 70.5 Å². The van der Waals surface area contributed by atoms with Gasteiger partial charge in [0.15, 0.2) is 0 Å². The maximum atomic E-state index is 5.84. The van der Waals surface area contributed by atoms with E-state index >= 15 is 0 Å². The van der Waals surface area contributed by atoms with Gasteiger partial charge in [-0.15, -0.1) is 11.3 Å². The Kier molecular flexibility index (Phi) is 4.49. The van der Waals surface area contributed by atoms with Gasteiger partial charge < -0.3 is 4.74 Å². The Hall–Kier alpha value is -2.13. The number of aromatic nitrogens is 1. The maximum Gasteiger partial charge on any atom is 0.119 e. The van der Waals surface area contributed by atoms with Crippen LogP contribution >= 0.6 is 11.3 Å². The highest BCUT2D eigenvalue weighted by Crippen LogP contribution is 2.35. The van der Waals surface area contributed by atoms with Crippen LogP contribution in [0.2, 0.25) is 0 Å². The van der Waals surface area contributed by atoms with Gasteiger partial charge in [-0.05, 0) is 35.2 Å². The van der Waals surface area contributed by atoms with Crippen LogP contribution < -0.4 is 4.74 Å². The Bertz CT molecular complexity index is 754. The zero-order valence-corrected chi connectivity index (χ0v) is 14.6. The molecule has 1 aromatic heterocycles. The molecule has 0 bridgehead atoms. The second-order valence-electron chi connectivity index (χ2n) is 6.58. The molecule has 2 aromatic carbocycles. The van der Waals surface area contributed by atoms with Crippen molar-refractivity contribution in [3.8, 4) is 17.0 Å². The van der Waals surface area contributed by atoms with E-state index < -0.39 is 0 Å². The summed E-state index contributed by atoms with van der Waals surface area (Å²) in [5.74, 6) is 0.880. The Balaban J connectivity index is 1.74. The summed E-state index contributed by atoms with van der Waals surface area (Å²) in [6.45, 7) is 7.26. The minimum absolute atomic E-state index is 0.110. The molecular formula is C20H21NOS. The van der Waals surface area contributed by atoms with E-state index in [2.05, 4.69) is 50.0 Å². The lowest BCUT2D eigenvalue weighted by Crippen LogP contribution is -2.10. The van der Waals surface area contributed by atoms with Crippen LogP contribution in [-0.2, 0) is 12.0 Å². The fourth-order valence-corrected chi connectivity index (χ4v) is 3.33. The Morgan fingerprint density at radius 3 is 2.30 bits per heavy atom. The summed E-state index contributed by atoms with van der Waals surface area (Å²) >= 11 is 1.72. The quantitative estimate of drug-likeness (QED) is 0.615. The molecule has 0 saturated heterocycles. The van der Waals surface area contributed by atoms with Gasteiger partial charge in [-0.3, -0.25) is 0 Å². The highest BCUT2D eigenvalue weighted by Gasteiger charge is 2.21. The van der Waals surface area contributed by atoms with E-state index in [0.717, 1.165) is 17.0 Å². The lowest BCUT2D eigenvalue weighted by molar-refractivity contribution is 0.306. The molecule has 0 aliphatic carbocycles. The van der Waals surface area contributed by atoms with Crippen LogP contribution in [0, 0.1) is 0 Å². The SMILES string of the molecule is CC(C)(C)c1scnc1-c1ccc(OCc2ccccc2)cc1. The summed E-state index contributed by atoms with van der Waals surface area (Å²) in [7, 11) is 0. The summed E-state index contributed by atoms with van der Waals surface area (Å²) in [5, 5.41) is 0. The summed E-state index contributed by atoms with van der Waals surface area (Å²) in [4.78, 5) is 5.87. The number of hydrogen-bond donors (Lipinski definition) is 0. The molecule has 23 heavy (non-hydrogen) atoms. The van der Waals surface area contributed by atoms with Gasteiger partial charge in [0.05, 0.1) is 11.2 Å². The molecule has 1 heterocycles. The highest BCUT2D eigenvalue weighted by molar-refractivity contribution is 7.10. The van der Waals surface area contributed by atoms with E-state index in [9.17, 15) is 0 Å². The first-order valence-corrected chi connectivity index (χ1v) is 8.63. The van der Waals surface area contributed by atoms with Crippen LogP contribution in [0.3, 0.4) is 0 Å². The largest absolute Gasteiger partial charge is 0.489 e. The van der Waals surface area contributed by atoms with Gasteiger partial charge >= 0.3 is 0 Å². The Labute approximate surface area is 141 Å². The third-order valence-corrected chi connectivity index (χ3v) is 4.88. The van der Waals surface area contributed by atoms with Crippen LogP contribution in [-0.4, -0.2) is 4.98 Å². The summed E-state index contributed by atoms with van der Waals surface area (Å²) in [6, 6.07) is 18.4. The van der Waals surface area contributed by atoms with Crippen molar-refractivity contribution in [1.29, 1.82) is 0 Å². The number of nitrogens with zero attached hydrogens (tertiary/aromatic N) is 1. The summed E-state index contributed by atoms with van der Waals surface area (Å²) < 4.78 is 5.84. The topological polar surface area (TPSA) is 22.1 Å². The maximum absolute atomic E-state index is 5.84. The minimum Gasteiger partial charge on any atom is -0.489 e. The first kappa shape index (κ1) is 15.8. The first-order valence-electron chi connectivity index (χ1n) is 7.75. The summed E-state index contributed by atoms with van der Waals surface area (Å²) in [6.07, 6.45) is 0. The van der Waals surface area contributed by atoms with Crippen molar-refractivity contribution in [2.75, 3.05) is 0 Å². The number of thiazole rings is 1. The Morgan fingerprint density at radius 1 is 0.957 bits per heavy atom. The molecule has 0 radical (unpaired) electrons. The van der Waals surface area contributed by atoms with E-state index in [-0.39, 0.29) is 5.41 Å². The van der Waals surface area contributed by atoms with E-state index in [4.69, 9.17) is 4.74 Å². The number of benzene rings is 2. The zero-order valence-electron chi connectivity index (χ0n) is 13.7. The molecule has 0 unspecified atom stereocenters. The van der Waals surface area contributed by atoms with E-state index in [1.807, 2.05) is 35.8 Å². The molecule has 0 aliphatic heterocycles. The average molecular weight is 323 g/mol. The molecular weight excluding hydrogens is 302 g/mol. The van der Waals surface area contributed by atoms with Crippen molar-refractivity contribution in [1.82, 2.24) is 4.98 Å². The smallest absolute Gasteiger partial charge is 0.119 e. The van der Waals surface area contributed by atoms with Crippen LogP contribution in [0.15, 0.2) is 60.1 Å². The van der Waals surface area contributed by atoms with E-state index in [0.29, 0.717) is 6.61 Å². The van der Waals surface area contributed by atoms with Crippen molar-refractivity contribution in [2.45, 2.75) is 32.8 Å². The third kappa shape index (κ3) is 3.80. The molecule has 0 amide bonds. The van der Waals surface area contributed by atoms with Gasteiger partial charge in [-0.25, -0.2) is 4.98 Å².